The summed E-state index contributed by atoms with van der Waals surface area (Å²) < 4.78 is 26.9. The number of nitrogens with one attached hydrogen (secondary N) is 2. The van der Waals surface area contributed by atoms with E-state index in [4.69, 9.17) is 4.74 Å². The highest BCUT2D eigenvalue weighted by Crippen LogP contribution is 2.27. The van der Waals surface area contributed by atoms with Crippen LogP contribution in [0.5, 0.6) is 0 Å². The molecule has 0 aromatic rings. The molecule has 0 saturated heterocycles. The Hall–Kier alpha value is -0.820. The predicted molar refractivity (Wildman–Crippen MR) is 72.6 cm³/mol. The molecule has 1 fully saturated rings. The zero-order valence-corrected chi connectivity index (χ0v) is 11.9. The second-order valence-corrected chi connectivity index (χ2v) is 6.83. The number of guanidine groups is 1. The second kappa shape index (κ2) is 7.58. The molecule has 106 valence electrons. The molecule has 1 aliphatic carbocycles. The Morgan fingerprint density at radius 3 is 2.61 bits per heavy atom. The van der Waals surface area contributed by atoms with E-state index < -0.39 is 9.84 Å². The predicted octanol–water partition coefficient (Wildman–Crippen LogP) is -0.377. The number of nitrogens with zero attached hydrogens (tertiary/aromatic N) is 1. The van der Waals surface area contributed by atoms with E-state index in [2.05, 4.69) is 15.6 Å². The number of sulfone groups is 1. The first-order valence-electron chi connectivity index (χ1n) is 6.21. The molecule has 1 rings (SSSR count). The highest BCUT2D eigenvalue weighted by atomic mass is 32.2. The molecule has 0 heterocycles. The third-order valence-corrected chi connectivity index (χ3v) is 3.52. The fraction of sp³-hybridized carbons (Fsp3) is 0.909. The summed E-state index contributed by atoms with van der Waals surface area (Å²) in [7, 11) is -1.20. The average Bonchev–Trinajstić information content (AvgIpc) is 3.09. The Balaban J connectivity index is 1.97. The van der Waals surface area contributed by atoms with Crippen LogP contribution >= 0.6 is 0 Å². The number of aliphatic imine (C=N–C) groups is 1. The maximum Gasteiger partial charge on any atom is 0.191 e. The Morgan fingerprint density at radius 2 is 2.06 bits per heavy atom. The van der Waals surface area contributed by atoms with E-state index in [1.54, 1.807) is 7.05 Å². The van der Waals surface area contributed by atoms with Gasteiger partial charge in [-0.15, -0.1) is 0 Å². The van der Waals surface area contributed by atoms with Gasteiger partial charge in [-0.05, 0) is 18.8 Å². The smallest absolute Gasteiger partial charge is 0.191 e. The minimum absolute atomic E-state index is 0.0711. The van der Waals surface area contributed by atoms with Crippen LogP contribution in [0.4, 0.5) is 0 Å². The third-order valence-electron chi connectivity index (χ3n) is 2.62. The van der Waals surface area contributed by atoms with Crippen molar-refractivity contribution in [1.29, 1.82) is 0 Å². The fourth-order valence-corrected chi connectivity index (χ4v) is 1.76. The highest BCUT2D eigenvalue weighted by Gasteiger charge is 2.20. The van der Waals surface area contributed by atoms with Crippen LogP contribution in [0.3, 0.4) is 0 Å². The first kappa shape index (κ1) is 15.2. The van der Waals surface area contributed by atoms with Gasteiger partial charge < -0.3 is 15.4 Å². The summed E-state index contributed by atoms with van der Waals surface area (Å²) in [6, 6.07) is 0. The normalized spacial score (nSPS) is 16.7. The van der Waals surface area contributed by atoms with Crippen LogP contribution in [-0.4, -0.2) is 59.7 Å². The van der Waals surface area contributed by atoms with E-state index in [1.807, 2.05) is 0 Å². The van der Waals surface area contributed by atoms with Crippen LogP contribution in [0.1, 0.15) is 12.8 Å². The van der Waals surface area contributed by atoms with Crippen LogP contribution in [0.25, 0.3) is 0 Å². The maximum absolute atomic E-state index is 10.8. The lowest BCUT2D eigenvalue weighted by atomic mass is 10.4. The summed E-state index contributed by atoms with van der Waals surface area (Å²) in [4.78, 5) is 4.09. The van der Waals surface area contributed by atoms with Gasteiger partial charge in [0.15, 0.2) is 5.96 Å². The van der Waals surface area contributed by atoms with Crippen molar-refractivity contribution < 1.29 is 13.2 Å². The van der Waals surface area contributed by atoms with Gasteiger partial charge in [0.25, 0.3) is 0 Å². The molecule has 0 aromatic carbocycles. The molecule has 0 atom stereocenters. The van der Waals surface area contributed by atoms with Crippen LogP contribution in [0, 0.1) is 5.92 Å². The van der Waals surface area contributed by atoms with Crippen LogP contribution in [0.2, 0.25) is 0 Å². The van der Waals surface area contributed by atoms with Crippen molar-refractivity contribution in [2.45, 2.75) is 12.8 Å². The topological polar surface area (TPSA) is 79.8 Å². The molecule has 2 N–H and O–H groups in total. The van der Waals surface area contributed by atoms with E-state index in [0.717, 1.165) is 18.4 Å². The lowest BCUT2D eigenvalue weighted by molar-refractivity contribution is 0.154. The molecule has 0 bridgehead atoms. The van der Waals surface area contributed by atoms with Crippen molar-refractivity contribution in [2.24, 2.45) is 10.9 Å². The first-order chi connectivity index (χ1) is 8.51. The van der Waals surface area contributed by atoms with Gasteiger partial charge >= 0.3 is 0 Å². The Bertz CT molecular complexity index is 364. The van der Waals surface area contributed by atoms with Gasteiger partial charge in [-0.3, -0.25) is 4.99 Å². The zero-order chi connectivity index (χ0) is 13.4. The SMILES string of the molecule is CN=C(NCCOCCS(C)(=O)=O)NCC1CC1. The summed E-state index contributed by atoms with van der Waals surface area (Å²) >= 11 is 0. The largest absolute Gasteiger partial charge is 0.379 e. The lowest BCUT2D eigenvalue weighted by Gasteiger charge is -2.11. The highest BCUT2D eigenvalue weighted by molar-refractivity contribution is 7.90. The maximum atomic E-state index is 10.8. The number of rotatable bonds is 8. The van der Waals surface area contributed by atoms with Gasteiger partial charge in [-0.25, -0.2) is 8.42 Å². The molecule has 0 aliphatic heterocycles. The van der Waals surface area contributed by atoms with Gasteiger partial charge in [0.1, 0.15) is 9.84 Å². The van der Waals surface area contributed by atoms with E-state index in [-0.39, 0.29) is 12.4 Å². The standard InChI is InChI=1S/C11H23N3O3S/c1-12-11(14-9-10-3-4-10)13-5-6-17-7-8-18(2,15)16/h10H,3-9H2,1-2H3,(H2,12,13,14). The summed E-state index contributed by atoms with van der Waals surface area (Å²) in [6.45, 7) is 2.30. The Morgan fingerprint density at radius 1 is 1.33 bits per heavy atom. The first-order valence-corrected chi connectivity index (χ1v) is 8.27. The summed E-state index contributed by atoms with van der Waals surface area (Å²) in [5.74, 6) is 1.64. The summed E-state index contributed by atoms with van der Waals surface area (Å²) in [5, 5.41) is 6.35. The molecule has 6 nitrogen and oxygen atoms in total. The molecule has 18 heavy (non-hydrogen) atoms. The molecule has 1 saturated carbocycles. The molecular formula is C11H23N3O3S. The molecule has 0 radical (unpaired) electrons. The van der Waals surface area contributed by atoms with Gasteiger partial charge in [0.2, 0.25) is 0 Å². The van der Waals surface area contributed by atoms with Crippen molar-refractivity contribution in [3.05, 3.63) is 0 Å². The van der Waals surface area contributed by atoms with E-state index in [1.165, 1.54) is 19.1 Å². The van der Waals surface area contributed by atoms with Crippen molar-refractivity contribution in [3.63, 3.8) is 0 Å². The molecule has 1 aliphatic rings. The Labute approximate surface area is 109 Å². The molecule has 0 spiro atoms. The van der Waals surface area contributed by atoms with Crippen molar-refractivity contribution >= 4 is 15.8 Å². The quantitative estimate of drug-likeness (QED) is 0.359. The van der Waals surface area contributed by atoms with Crippen LogP contribution in [-0.2, 0) is 14.6 Å². The molecular weight excluding hydrogens is 254 g/mol. The minimum atomic E-state index is -2.92. The Kier molecular flexibility index (Phi) is 6.42. The van der Waals surface area contributed by atoms with E-state index in [0.29, 0.717) is 13.2 Å². The van der Waals surface area contributed by atoms with Crippen molar-refractivity contribution in [3.8, 4) is 0 Å². The monoisotopic (exact) mass is 277 g/mol. The van der Waals surface area contributed by atoms with Gasteiger partial charge in [-0.2, -0.15) is 0 Å². The summed E-state index contributed by atoms with van der Waals surface area (Å²) in [5.41, 5.74) is 0. The summed E-state index contributed by atoms with van der Waals surface area (Å²) in [6.07, 6.45) is 3.81. The third kappa shape index (κ3) is 8.30. The number of ether oxygens (including phenoxy) is 1. The molecule has 0 aromatic heterocycles. The number of hydrogen-bond donors (Lipinski definition) is 2. The van der Waals surface area contributed by atoms with Crippen molar-refractivity contribution in [2.75, 3.05) is 45.4 Å². The van der Waals surface area contributed by atoms with Gasteiger partial charge in [0.05, 0.1) is 19.0 Å². The molecule has 0 unspecified atom stereocenters. The average molecular weight is 277 g/mol. The zero-order valence-electron chi connectivity index (χ0n) is 11.1. The molecule has 0 amide bonds. The van der Waals surface area contributed by atoms with Gasteiger partial charge in [0, 0.05) is 26.4 Å². The minimum Gasteiger partial charge on any atom is -0.379 e. The number of hydrogen-bond acceptors (Lipinski definition) is 4. The van der Waals surface area contributed by atoms with Crippen molar-refractivity contribution in [1.82, 2.24) is 10.6 Å². The second-order valence-electron chi connectivity index (χ2n) is 4.57. The van der Waals surface area contributed by atoms with E-state index >= 15 is 0 Å². The molecule has 7 heteroatoms. The van der Waals surface area contributed by atoms with Crippen LogP contribution < -0.4 is 10.6 Å². The van der Waals surface area contributed by atoms with Crippen LogP contribution in [0.15, 0.2) is 4.99 Å². The van der Waals surface area contributed by atoms with Gasteiger partial charge in [-0.1, -0.05) is 0 Å². The van der Waals surface area contributed by atoms with E-state index in [9.17, 15) is 8.42 Å². The fourth-order valence-electron chi connectivity index (χ4n) is 1.34. The lowest BCUT2D eigenvalue weighted by Crippen LogP contribution is -2.39.